The summed E-state index contributed by atoms with van der Waals surface area (Å²) in [5.74, 6) is 0.640. The molecule has 0 amide bonds. The first-order valence-corrected chi connectivity index (χ1v) is 20.6. The molecule has 0 radical (unpaired) electrons. The molecule has 61 heavy (non-hydrogen) atoms. The molecule has 0 saturated heterocycles. The highest BCUT2D eigenvalue weighted by Crippen LogP contribution is 2.40. The van der Waals surface area contributed by atoms with Crippen LogP contribution in [0.15, 0.2) is 235 Å². The van der Waals surface area contributed by atoms with Gasteiger partial charge < -0.3 is 4.42 Å². The number of fused-ring (bicyclic) bond motifs is 3. The lowest BCUT2D eigenvalue weighted by Crippen LogP contribution is -1.95. The monoisotopic (exact) mass is 778 g/mol. The van der Waals surface area contributed by atoms with Gasteiger partial charge in [0.15, 0.2) is 11.4 Å². The number of furan rings is 1. The van der Waals surface area contributed by atoms with Crippen LogP contribution in [0.4, 0.5) is 0 Å². The van der Waals surface area contributed by atoms with Gasteiger partial charge in [-0.3, -0.25) is 0 Å². The second-order valence-corrected chi connectivity index (χ2v) is 15.4. The zero-order valence-electron chi connectivity index (χ0n) is 33.2. The maximum absolute atomic E-state index is 6.61. The van der Waals surface area contributed by atoms with E-state index >= 15 is 0 Å². The van der Waals surface area contributed by atoms with Gasteiger partial charge in [-0.15, -0.1) is 0 Å². The Balaban J connectivity index is 1.06. The Morgan fingerprint density at radius 3 is 1.08 bits per heavy atom. The second kappa shape index (κ2) is 15.6. The van der Waals surface area contributed by atoms with Gasteiger partial charge in [-0.25, -0.2) is 9.97 Å². The third kappa shape index (κ3) is 7.09. The van der Waals surface area contributed by atoms with Crippen molar-refractivity contribution in [3.05, 3.63) is 231 Å². The minimum Gasteiger partial charge on any atom is -0.452 e. The Labute approximate surface area is 354 Å². The molecule has 0 bridgehead atoms. The van der Waals surface area contributed by atoms with Gasteiger partial charge in [0.05, 0.1) is 0 Å². The lowest BCUT2D eigenvalue weighted by Gasteiger charge is -2.13. The summed E-state index contributed by atoms with van der Waals surface area (Å²) in [6.07, 6.45) is 0. The van der Waals surface area contributed by atoms with Gasteiger partial charge >= 0.3 is 0 Å². The normalized spacial score (nSPS) is 11.3. The zero-order chi connectivity index (χ0) is 40.5. The molecular formula is C58H38N2O. The molecule has 0 N–H and O–H groups in total. The summed E-state index contributed by atoms with van der Waals surface area (Å²) in [4.78, 5) is 10.6. The number of hydrogen-bond donors (Lipinski definition) is 0. The Morgan fingerprint density at radius 2 is 0.607 bits per heavy atom. The molecule has 0 atom stereocenters. The standard InChI is InChI=1S/C58H38N2O/c1-5-17-39(18-6-1)47-33-48(40-19-7-2-8-20-40)36-51(35-47)43-25-15-27-45(31-43)55-57-56(53-29-13-14-30-54(53)61-57)60-58(59-55)46-28-16-26-44(32-46)52-37-49(41-21-9-3-10-22-41)34-50(38-52)42-23-11-4-12-24-42/h1-38H. The van der Waals surface area contributed by atoms with Gasteiger partial charge in [-0.2, -0.15) is 0 Å². The predicted molar refractivity (Wildman–Crippen MR) is 253 cm³/mol. The first-order valence-electron chi connectivity index (χ1n) is 20.6. The largest absolute Gasteiger partial charge is 0.452 e. The van der Waals surface area contributed by atoms with E-state index in [0.29, 0.717) is 11.4 Å². The molecular weight excluding hydrogens is 741 g/mol. The molecule has 3 heteroatoms. The van der Waals surface area contributed by atoms with Crippen molar-refractivity contribution < 1.29 is 4.42 Å². The van der Waals surface area contributed by atoms with Crippen molar-refractivity contribution in [1.29, 1.82) is 0 Å². The SMILES string of the molecule is c1ccc(-c2cc(-c3ccccc3)cc(-c3cccc(-c4nc(-c5cccc(-c6cc(-c7ccccc7)cc(-c7ccccc7)c6)c5)c5oc6ccccc6c5n4)c3)c2)cc1. The van der Waals surface area contributed by atoms with E-state index in [2.05, 4.69) is 212 Å². The molecule has 2 aromatic heterocycles. The Bertz CT molecular complexity index is 3220. The van der Waals surface area contributed by atoms with E-state index in [0.717, 1.165) is 77.8 Å². The Kier molecular flexibility index (Phi) is 9.18. The number of benzene rings is 9. The quantitative estimate of drug-likeness (QED) is 0.154. The summed E-state index contributed by atoms with van der Waals surface area (Å²) in [6, 6.07) is 81.4. The zero-order valence-corrected chi connectivity index (χ0v) is 33.2. The van der Waals surface area contributed by atoms with Crippen LogP contribution in [-0.2, 0) is 0 Å². The van der Waals surface area contributed by atoms with Gasteiger partial charge in [0, 0.05) is 16.5 Å². The van der Waals surface area contributed by atoms with E-state index in [1.807, 2.05) is 18.2 Å². The summed E-state index contributed by atoms with van der Waals surface area (Å²) in [5, 5.41) is 0.959. The molecule has 2 heterocycles. The number of para-hydroxylation sites is 1. The summed E-state index contributed by atoms with van der Waals surface area (Å²) < 4.78 is 6.61. The van der Waals surface area contributed by atoms with Crippen LogP contribution >= 0.6 is 0 Å². The summed E-state index contributed by atoms with van der Waals surface area (Å²) in [6.45, 7) is 0. The fourth-order valence-corrected chi connectivity index (χ4v) is 8.38. The van der Waals surface area contributed by atoms with Crippen molar-refractivity contribution in [3.8, 4) is 89.4 Å². The Morgan fingerprint density at radius 1 is 0.262 bits per heavy atom. The molecule has 0 unspecified atom stereocenters. The number of nitrogens with zero attached hydrogens (tertiary/aromatic N) is 2. The minimum atomic E-state index is 0.640. The average Bonchev–Trinajstić information content (AvgIpc) is 3.73. The van der Waals surface area contributed by atoms with Crippen LogP contribution in [0.3, 0.4) is 0 Å². The second-order valence-electron chi connectivity index (χ2n) is 15.4. The highest BCUT2D eigenvalue weighted by atomic mass is 16.3. The summed E-state index contributed by atoms with van der Waals surface area (Å²) in [5.41, 5.74) is 18.7. The third-order valence-corrected chi connectivity index (χ3v) is 11.4. The van der Waals surface area contributed by atoms with E-state index in [9.17, 15) is 0 Å². The molecule has 9 aromatic carbocycles. The van der Waals surface area contributed by atoms with Crippen LogP contribution in [0, 0.1) is 0 Å². The molecule has 0 aliphatic rings. The lowest BCUT2D eigenvalue weighted by molar-refractivity contribution is 0.667. The topological polar surface area (TPSA) is 38.9 Å². The van der Waals surface area contributed by atoms with Crippen molar-refractivity contribution in [1.82, 2.24) is 9.97 Å². The molecule has 0 fully saturated rings. The molecule has 11 rings (SSSR count). The van der Waals surface area contributed by atoms with Gasteiger partial charge in [0.25, 0.3) is 0 Å². The smallest absolute Gasteiger partial charge is 0.180 e. The number of rotatable bonds is 8. The van der Waals surface area contributed by atoms with Gasteiger partial charge in [-0.1, -0.05) is 170 Å². The predicted octanol–water partition coefficient (Wildman–Crippen LogP) is 15.7. The van der Waals surface area contributed by atoms with E-state index < -0.39 is 0 Å². The van der Waals surface area contributed by atoms with Gasteiger partial charge in [-0.05, 0) is 127 Å². The number of hydrogen-bond acceptors (Lipinski definition) is 3. The summed E-state index contributed by atoms with van der Waals surface area (Å²) >= 11 is 0. The summed E-state index contributed by atoms with van der Waals surface area (Å²) in [7, 11) is 0. The van der Waals surface area contributed by atoms with Crippen molar-refractivity contribution >= 4 is 22.1 Å². The highest BCUT2D eigenvalue weighted by molar-refractivity contribution is 6.07. The molecule has 0 aliphatic carbocycles. The molecule has 0 aliphatic heterocycles. The average molecular weight is 779 g/mol. The fourth-order valence-electron chi connectivity index (χ4n) is 8.38. The number of aromatic nitrogens is 2. The van der Waals surface area contributed by atoms with Crippen LogP contribution < -0.4 is 0 Å². The Hall–Kier alpha value is -8.14. The minimum absolute atomic E-state index is 0.640. The van der Waals surface area contributed by atoms with Crippen LogP contribution in [-0.4, -0.2) is 9.97 Å². The molecule has 286 valence electrons. The molecule has 0 saturated carbocycles. The first-order chi connectivity index (χ1) is 30.2. The van der Waals surface area contributed by atoms with Crippen molar-refractivity contribution in [2.24, 2.45) is 0 Å². The van der Waals surface area contributed by atoms with Crippen LogP contribution in [0.5, 0.6) is 0 Å². The molecule has 0 spiro atoms. The lowest BCUT2D eigenvalue weighted by atomic mass is 9.92. The van der Waals surface area contributed by atoms with Crippen molar-refractivity contribution in [2.45, 2.75) is 0 Å². The molecule has 3 nitrogen and oxygen atoms in total. The molecule has 11 aromatic rings. The maximum Gasteiger partial charge on any atom is 0.180 e. The van der Waals surface area contributed by atoms with Crippen molar-refractivity contribution in [2.75, 3.05) is 0 Å². The van der Waals surface area contributed by atoms with Gasteiger partial charge in [0.2, 0.25) is 0 Å². The first kappa shape index (κ1) is 36.0. The van der Waals surface area contributed by atoms with Crippen LogP contribution in [0.25, 0.3) is 111 Å². The highest BCUT2D eigenvalue weighted by Gasteiger charge is 2.19. The third-order valence-electron chi connectivity index (χ3n) is 11.4. The van der Waals surface area contributed by atoms with E-state index in [1.54, 1.807) is 0 Å². The van der Waals surface area contributed by atoms with Crippen LogP contribution in [0.2, 0.25) is 0 Å². The maximum atomic E-state index is 6.61. The van der Waals surface area contributed by atoms with E-state index in [4.69, 9.17) is 14.4 Å². The van der Waals surface area contributed by atoms with E-state index in [-0.39, 0.29) is 0 Å². The van der Waals surface area contributed by atoms with E-state index in [1.165, 1.54) is 22.3 Å². The van der Waals surface area contributed by atoms with Crippen molar-refractivity contribution in [3.63, 3.8) is 0 Å². The van der Waals surface area contributed by atoms with Gasteiger partial charge in [0.1, 0.15) is 16.8 Å². The fraction of sp³-hybridized carbons (Fsp3) is 0. The van der Waals surface area contributed by atoms with Crippen LogP contribution in [0.1, 0.15) is 0 Å².